The first kappa shape index (κ1) is 33.2. The Morgan fingerprint density at radius 3 is 2.59 bits per heavy atom. The average Bonchev–Trinajstić information content (AvgIpc) is 3.75. The van der Waals surface area contributed by atoms with Gasteiger partial charge in [0.05, 0.1) is 0 Å². The molecule has 3 fully saturated rings. The van der Waals surface area contributed by atoms with Gasteiger partial charge in [-0.15, -0.1) is 0 Å². The predicted molar refractivity (Wildman–Crippen MR) is 196 cm³/mol. The Bertz CT molecular complexity index is 2020. The highest BCUT2D eigenvalue weighted by atomic mass is 19.1. The number of benzene rings is 4. The number of nitrogens with zero attached hydrogens (tertiary/aromatic N) is 4. The van der Waals surface area contributed by atoms with Gasteiger partial charge in [0, 0.05) is 55.3 Å². The number of alkyl carbamates (subject to hydrolysis) is 1. The van der Waals surface area contributed by atoms with E-state index in [2.05, 4.69) is 20.4 Å². The number of halogens is 1. The number of piperazine rings is 1. The Morgan fingerprint density at radius 2 is 1.75 bits per heavy atom. The molecule has 3 N–H and O–H groups in total. The monoisotopic (exact) mass is 690 g/mol. The van der Waals surface area contributed by atoms with Gasteiger partial charge in [-0.3, -0.25) is 4.90 Å². The number of carbonyl (C=O) groups is 1. The SMILES string of the molecule is O=C(NCCCN1CCC[C@H]1COc1nc(N2C[C@@H]3CC[C@@H](C2)N3)c2ccc(-c3cc(O)cc4ccccc34)c(F)c2n1)OCc1ccccc1. The van der Waals surface area contributed by atoms with Gasteiger partial charge in [-0.25, -0.2) is 9.18 Å². The van der Waals surface area contributed by atoms with E-state index in [9.17, 15) is 9.90 Å². The molecule has 0 radical (unpaired) electrons. The Balaban J connectivity index is 0.992. The minimum atomic E-state index is -0.466. The first-order valence-corrected chi connectivity index (χ1v) is 18.0. The second kappa shape index (κ2) is 14.7. The van der Waals surface area contributed by atoms with Crippen LogP contribution >= 0.6 is 0 Å². The average molecular weight is 691 g/mol. The maximum Gasteiger partial charge on any atom is 0.407 e. The van der Waals surface area contributed by atoms with E-state index in [1.54, 1.807) is 18.2 Å². The number of hydrogen-bond donors (Lipinski definition) is 3. The van der Waals surface area contributed by atoms with Crippen LogP contribution in [0.25, 0.3) is 32.8 Å². The van der Waals surface area contributed by atoms with Crippen LogP contribution in [0, 0.1) is 5.82 Å². The van der Waals surface area contributed by atoms with Crippen LogP contribution in [-0.4, -0.2) is 83.5 Å². The second-order valence-corrected chi connectivity index (χ2v) is 13.9. The first-order valence-electron chi connectivity index (χ1n) is 18.0. The summed E-state index contributed by atoms with van der Waals surface area (Å²) in [5.41, 5.74) is 2.13. The van der Waals surface area contributed by atoms with Gasteiger partial charge in [0.2, 0.25) is 0 Å². The summed E-state index contributed by atoms with van der Waals surface area (Å²) in [5, 5.41) is 19.4. The molecular formula is C40H43FN6O4. The van der Waals surface area contributed by atoms with Crippen LogP contribution in [0.1, 0.15) is 37.7 Å². The Hall–Kier alpha value is -5.00. The number of aromatic nitrogens is 2. The summed E-state index contributed by atoms with van der Waals surface area (Å²) in [4.78, 5) is 26.4. The largest absolute Gasteiger partial charge is 0.508 e. The molecule has 3 aliphatic rings. The number of likely N-dealkylation sites (tertiary alicyclic amines) is 1. The van der Waals surface area contributed by atoms with Crippen molar-refractivity contribution in [3.05, 3.63) is 90.2 Å². The maximum atomic E-state index is 16.8. The molecule has 0 aliphatic carbocycles. The number of rotatable bonds is 11. The third-order valence-corrected chi connectivity index (χ3v) is 10.4. The fourth-order valence-corrected chi connectivity index (χ4v) is 7.92. The van der Waals surface area contributed by atoms with E-state index < -0.39 is 11.9 Å². The van der Waals surface area contributed by atoms with Crippen molar-refractivity contribution in [2.75, 3.05) is 44.2 Å². The van der Waals surface area contributed by atoms with Crippen LogP contribution in [0.4, 0.5) is 15.0 Å². The molecule has 5 aromatic rings. The lowest BCUT2D eigenvalue weighted by atomic mass is 9.96. The molecule has 264 valence electrons. The van der Waals surface area contributed by atoms with Gasteiger partial charge in [-0.1, -0.05) is 60.7 Å². The zero-order valence-electron chi connectivity index (χ0n) is 28.6. The van der Waals surface area contributed by atoms with Crippen molar-refractivity contribution >= 4 is 33.6 Å². The van der Waals surface area contributed by atoms with Crippen LogP contribution in [0.5, 0.6) is 11.8 Å². The van der Waals surface area contributed by atoms with Gasteiger partial charge < -0.3 is 30.1 Å². The zero-order valence-corrected chi connectivity index (χ0v) is 28.6. The number of hydrogen-bond acceptors (Lipinski definition) is 9. The highest BCUT2D eigenvalue weighted by molar-refractivity contribution is 6.01. The summed E-state index contributed by atoms with van der Waals surface area (Å²) >= 11 is 0. The van der Waals surface area contributed by atoms with Crippen molar-refractivity contribution in [1.82, 2.24) is 25.5 Å². The lowest BCUT2D eigenvalue weighted by molar-refractivity contribution is 0.137. The van der Waals surface area contributed by atoms with Gasteiger partial charge in [0.25, 0.3) is 0 Å². The minimum Gasteiger partial charge on any atom is -0.508 e. The van der Waals surface area contributed by atoms with Crippen LogP contribution in [-0.2, 0) is 11.3 Å². The lowest BCUT2D eigenvalue weighted by Gasteiger charge is -2.34. The Morgan fingerprint density at radius 1 is 0.941 bits per heavy atom. The second-order valence-electron chi connectivity index (χ2n) is 13.9. The number of phenols is 1. The molecule has 1 amide bonds. The summed E-state index contributed by atoms with van der Waals surface area (Å²) in [6.07, 6.45) is 4.59. The maximum absolute atomic E-state index is 16.8. The predicted octanol–water partition coefficient (Wildman–Crippen LogP) is 6.40. The molecule has 11 heteroatoms. The fraction of sp³-hybridized carbons (Fsp3) is 0.375. The lowest BCUT2D eigenvalue weighted by Crippen LogP contribution is -2.51. The van der Waals surface area contributed by atoms with Crippen LogP contribution in [0.15, 0.2) is 78.9 Å². The number of amides is 1. The van der Waals surface area contributed by atoms with Crippen LogP contribution in [0.3, 0.4) is 0 Å². The van der Waals surface area contributed by atoms with E-state index >= 15 is 4.39 Å². The van der Waals surface area contributed by atoms with Crippen LogP contribution < -0.4 is 20.3 Å². The molecule has 3 atom stereocenters. The summed E-state index contributed by atoms with van der Waals surface area (Å²) < 4.78 is 28.4. The van der Waals surface area contributed by atoms with Crippen molar-refractivity contribution in [3.8, 4) is 22.9 Å². The number of carbonyl (C=O) groups excluding carboxylic acids is 1. The zero-order chi connectivity index (χ0) is 34.7. The standard InChI is InChI=1S/C40H43FN6O4/c41-36-33(35-21-31(48)20-27-10-4-5-12-32(27)35)15-16-34-37(36)44-39(45-38(34)47-22-28-13-14-29(23-47)43-28)50-25-30-11-6-18-46(30)19-7-17-42-40(49)51-24-26-8-2-1-3-9-26/h1-5,8-10,12,15-16,20-21,28-30,43,48H,6-7,11,13-14,17-19,22-25H2,(H,42,49)/t28-,29-,30-/m0/s1. The summed E-state index contributed by atoms with van der Waals surface area (Å²) in [7, 11) is 0. The number of fused-ring (bicyclic) bond motifs is 4. The van der Waals surface area contributed by atoms with E-state index in [-0.39, 0.29) is 29.9 Å². The van der Waals surface area contributed by atoms with Crippen molar-refractivity contribution < 1.29 is 23.8 Å². The molecule has 51 heavy (non-hydrogen) atoms. The molecular weight excluding hydrogens is 647 g/mol. The summed E-state index contributed by atoms with van der Waals surface area (Å²) in [6, 6.07) is 25.3. The summed E-state index contributed by atoms with van der Waals surface area (Å²) in [5.74, 6) is 0.298. The van der Waals surface area contributed by atoms with Gasteiger partial charge in [-0.2, -0.15) is 9.97 Å². The molecule has 3 aliphatic heterocycles. The van der Waals surface area contributed by atoms with Gasteiger partial charge in [0.1, 0.15) is 30.3 Å². The molecule has 4 heterocycles. The van der Waals surface area contributed by atoms with Crippen molar-refractivity contribution in [2.24, 2.45) is 0 Å². The highest BCUT2D eigenvalue weighted by Gasteiger charge is 2.34. The minimum absolute atomic E-state index is 0.0757. The van der Waals surface area contributed by atoms with Crippen LogP contribution in [0.2, 0.25) is 0 Å². The topological polar surface area (TPSA) is 112 Å². The molecule has 0 unspecified atom stereocenters. The number of aromatic hydroxyl groups is 1. The van der Waals surface area contributed by atoms with Gasteiger partial charge >= 0.3 is 12.1 Å². The molecule has 1 aromatic heterocycles. The number of anilines is 1. The molecule has 2 bridgehead atoms. The smallest absolute Gasteiger partial charge is 0.407 e. The Kier molecular flexibility index (Phi) is 9.55. The van der Waals surface area contributed by atoms with E-state index in [1.807, 2.05) is 60.7 Å². The first-order chi connectivity index (χ1) is 25.0. The fourth-order valence-electron chi connectivity index (χ4n) is 7.92. The number of nitrogens with one attached hydrogen (secondary N) is 2. The molecule has 10 nitrogen and oxygen atoms in total. The van der Waals surface area contributed by atoms with Crippen molar-refractivity contribution in [2.45, 2.75) is 56.8 Å². The van der Waals surface area contributed by atoms with E-state index in [1.165, 1.54) is 0 Å². The Labute approximate surface area is 296 Å². The van der Waals surface area contributed by atoms with E-state index in [0.717, 1.165) is 74.6 Å². The van der Waals surface area contributed by atoms with E-state index in [4.69, 9.17) is 19.4 Å². The molecule has 4 aromatic carbocycles. The van der Waals surface area contributed by atoms with E-state index in [0.29, 0.717) is 47.6 Å². The quantitative estimate of drug-likeness (QED) is 0.136. The number of ether oxygens (including phenoxy) is 2. The molecule has 0 saturated carbocycles. The molecule has 3 saturated heterocycles. The highest BCUT2D eigenvalue weighted by Crippen LogP contribution is 2.39. The van der Waals surface area contributed by atoms with Gasteiger partial charge in [0.15, 0.2) is 5.82 Å². The van der Waals surface area contributed by atoms with Crippen molar-refractivity contribution in [3.63, 3.8) is 0 Å². The third-order valence-electron chi connectivity index (χ3n) is 10.4. The van der Waals surface area contributed by atoms with Gasteiger partial charge in [-0.05, 0) is 78.7 Å². The van der Waals surface area contributed by atoms with Crippen molar-refractivity contribution in [1.29, 1.82) is 0 Å². The third kappa shape index (κ3) is 7.27. The number of phenolic OH excluding ortho intramolecular Hbond substituents is 1. The summed E-state index contributed by atoms with van der Waals surface area (Å²) in [6.45, 7) is 4.44. The molecule has 0 spiro atoms. The normalized spacial score (nSPS) is 20.3. The molecule has 8 rings (SSSR count).